The molecule has 0 unspecified atom stereocenters. The molecule has 0 amide bonds. The van der Waals surface area contributed by atoms with Crippen LogP contribution in [0.15, 0.2) is 41.2 Å². The molecule has 22 heavy (non-hydrogen) atoms. The van der Waals surface area contributed by atoms with Crippen molar-refractivity contribution in [3.63, 3.8) is 0 Å². The maximum Gasteiger partial charge on any atom is 0.279 e. The molecular formula is C16H16N2O4. The van der Waals surface area contributed by atoms with E-state index < -0.39 is 0 Å². The first-order chi connectivity index (χ1) is 10.7. The molecule has 6 nitrogen and oxygen atoms in total. The predicted molar refractivity (Wildman–Crippen MR) is 83.6 cm³/mol. The van der Waals surface area contributed by atoms with Crippen LogP contribution in [0.25, 0.3) is 16.6 Å². The van der Waals surface area contributed by atoms with Gasteiger partial charge in [0.05, 0.1) is 37.9 Å². The Morgan fingerprint density at radius 1 is 0.955 bits per heavy atom. The van der Waals surface area contributed by atoms with Gasteiger partial charge in [0.1, 0.15) is 0 Å². The lowest BCUT2D eigenvalue weighted by Gasteiger charge is -2.14. The summed E-state index contributed by atoms with van der Waals surface area (Å²) < 4.78 is 17.4. The summed E-state index contributed by atoms with van der Waals surface area (Å²) in [6.45, 7) is 0. The number of benzene rings is 2. The monoisotopic (exact) mass is 300 g/mol. The topological polar surface area (TPSA) is 65.5 Å². The van der Waals surface area contributed by atoms with Gasteiger partial charge in [0.15, 0.2) is 11.5 Å². The molecule has 6 heteroatoms. The summed E-state index contributed by atoms with van der Waals surface area (Å²) in [7, 11) is 4.61. The SMILES string of the molecule is COc1cc(-n2[nH]c3ccccc3c2=O)cc(OC)c1OC. The minimum absolute atomic E-state index is 0.134. The summed E-state index contributed by atoms with van der Waals surface area (Å²) in [5.74, 6) is 1.46. The summed E-state index contributed by atoms with van der Waals surface area (Å²) >= 11 is 0. The Morgan fingerprint density at radius 3 is 2.14 bits per heavy atom. The van der Waals surface area contributed by atoms with Gasteiger partial charge >= 0.3 is 0 Å². The van der Waals surface area contributed by atoms with Gasteiger partial charge in [-0.15, -0.1) is 0 Å². The number of aromatic amines is 1. The fourth-order valence-electron chi connectivity index (χ4n) is 2.44. The number of H-pyrrole nitrogens is 1. The molecular weight excluding hydrogens is 284 g/mol. The molecule has 0 saturated carbocycles. The van der Waals surface area contributed by atoms with E-state index in [-0.39, 0.29) is 5.56 Å². The molecule has 0 aliphatic rings. The number of para-hydroxylation sites is 1. The zero-order chi connectivity index (χ0) is 15.7. The van der Waals surface area contributed by atoms with Gasteiger partial charge in [-0.3, -0.25) is 9.89 Å². The van der Waals surface area contributed by atoms with Crippen LogP contribution in [0.3, 0.4) is 0 Å². The van der Waals surface area contributed by atoms with E-state index in [0.29, 0.717) is 28.3 Å². The molecule has 1 N–H and O–H groups in total. The average molecular weight is 300 g/mol. The van der Waals surface area contributed by atoms with Crippen molar-refractivity contribution in [2.75, 3.05) is 21.3 Å². The summed E-state index contributed by atoms with van der Waals surface area (Å²) in [6, 6.07) is 10.8. The number of aromatic nitrogens is 2. The lowest BCUT2D eigenvalue weighted by molar-refractivity contribution is 0.324. The lowest BCUT2D eigenvalue weighted by Crippen LogP contribution is -2.14. The van der Waals surface area contributed by atoms with Gasteiger partial charge in [0, 0.05) is 12.1 Å². The number of nitrogens with zero attached hydrogens (tertiary/aromatic N) is 1. The van der Waals surface area contributed by atoms with Crippen LogP contribution in [0, 0.1) is 0 Å². The number of methoxy groups -OCH3 is 3. The first-order valence-electron chi connectivity index (χ1n) is 6.69. The fourth-order valence-corrected chi connectivity index (χ4v) is 2.44. The molecule has 0 bridgehead atoms. The van der Waals surface area contributed by atoms with Crippen molar-refractivity contribution in [1.29, 1.82) is 0 Å². The lowest BCUT2D eigenvalue weighted by atomic mass is 10.2. The van der Waals surface area contributed by atoms with Crippen LogP contribution < -0.4 is 19.8 Å². The minimum Gasteiger partial charge on any atom is -0.493 e. The normalized spacial score (nSPS) is 10.7. The second-order valence-corrected chi connectivity index (χ2v) is 4.68. The van der Waals surface area contributed by atoms with E-state index in [4.69, 9.17) is 14.2 Å². The molecule has 0 radical (unpaired) electrons. The number of hydrogen-bond acceptors (Lipinski definition) is 4. The third-order valence-electron chi connectivity index (χ3n) is 3.50. The second kappa shape index (κ2) is 5.48. The highest BCUT2D eigenvalue weighted by Crippen LogP contribution is 2.39. The van der Waals surface area contributed by atoms with Gasteiger partial charge in [0.2, 0.25) is 5.75 Å². The smallest absolute Gasteiger partial charge is 0.279 e. The largest absolute Gasteiger partial charge is 0.493 e. The van der Waals surface area contributed by atoms with Crippen LogP contribution >= 0.6 is 0 Å². The Bertz CT molecular complexity index is 854. The Labute approximate surface area is 126 Å². The van der Waals surface area contributed by atoms with E-state index in [0.717, 1.165) is 5.52 Å². The Kier molecular flexibility index (Phi) is 3.50. The molecule has 3 aromatic rings. The molecule has 0 saturated heterocycles. The Balaban J connectivity index is 2.26. The van der Waals surface area contributed by atoms with Crippen LogP contribution in [0.2, 0.25) is 0 Å². The number of fused-ring (bicyclic) bond motifs is 1. The van der Waals surface area contributed by atoms with E-state index in [2.05, 4.69) is 5.10 Å². The zero-order valence-electron chi connectivity index (χ0n) is 12.5. The quantitative estimate of drug-likeness (QED) is 0.803. The van der Waals surface area contributed by atoms with E-state index in [9.17, 15) is 4.79 Å². The third kappa shape index (κ3) is 2.09. The maximum absolute atomic E-state index is 12.5. The molecule has 0 fully saturated rings. The van der Waals surface area contributed by atoms with Crippen molar-refractivity contribution < 1.29 is 14.2 Å². The molecule has 1 heterocycles. The minimum atomic E-state index is -0.134. The van der Waals surface area contributed by atoms with Crippen LogP contribution in [-0.4, -0.2) is 31.1 Å². The van der Waals surface area contributed by atoms with Crippen molar-refractivity contribution in [3.05, 3.63) is 46.8 Å². The standard InChI is InChI=1S/C16H16N2O4/c1-20-13-8-10(9-14(21-2)15(13)22-3)18-16(19)11-6-4-5-7-12(11)17-18/h4-9,17H,1-3H3. The highest BCUT2D eigenvalue weighted by atomic mass is 16.5. The van der Waals surface area contributed by atoms with E-state index >= 15 is 0 Å². The van der Waals surface area contributed by atoms with Crippen LogP contribution in [0.4, 0.5) is 0 Å². The van der Waals surface area contributed by atoms with Crippen LogP contribution in [0.1, 0.15) is 0 Å². The number of hydrogen-bond donors (Lipinski definition) is 1. The molecule has 1 aromatic heterocycles. The second-order valence-electron chi connectivity index (χ2n) is 4.68. The molecule has 0 aliphatic carbocycles. The predicted octanol–water partition coefficient (Wildman–Crippen LogP) is 2.34. The Morgan fingerprint density at radius 2 is 1.59 bits per heavy atom. The van der Waals surface area contributed by atoms with Crippen molar-refractivity contribution in [2.24, 2.45) is 0 Å². The van der Waals surface area contributed by atoms with Crippen LogP contribution in [0.5, 0.6) is 17.2 Å². The first-order valence-corrected chi connectivity index (χ1v) is 6.69. The molecule has 2 aromatic carbocycles. The van der Waals surface area contributed by atoms with Crippen molar-refractivity contribution in [1.82, 2.24) is 9.78 Å². The summed E-state index contributed by atoms with van der Waals surface area (Å²) in [4.78, 5) is 12.5. The molecule has 0 spiro atoms. The van der Waals surface area contributed by atoms with Crippen molar-refractivity contribution in [2.45, 2.75) is 0 Å². The van der Waals surface area contributed by atoms with E-state index in [1.165, 1.54) is 26.0 Å². The summed E-state index contributed by atoms with van der Waals surface area (Å²) in [5, 5.41) is 3.69. The molecule has 3 rings (SSSR count). The number of ether oxygens (including phenoxy) is 3. The summed E-state index contributed by atoms with van der Waals surface area (Å²) in [5.41, 5.74) is 1.24. The van der Waals surface area contributed by atoms with Gasteiger partial charge in [0.25, 0.3) is 5.56 Å². The first kappa shape index (κ1) is 14.1. The van der Waals surface area contributed by atoms with Crippen molar-refractivity contribution in [3.8, 4) is 22.9 Å². The van der Waals surface area contributed by atoms with Gasteiger partial charge in [-0.2, -0.15) is 0 Å². The number of nitrogens with one attached hydrogen (secondary N) is 1. The van der Waals surface area contributed by atoms with Gasteiger partial charge < -0.3 is 14.2 Å². The van der Waals surface area contributed by atoms with Gasteiger partial charge in [-0.25, -0.2) is 4.68 Å². The highest BCUT2D eigenvalue weighted by Gasteiger charge is 2.16. The molecule has 114 valence electrons. The Hall–Kier alpha value is -2.89. The number of rotatable bonds is 4. The fraction of sp³-hybridized carbons (Fsp3) is 0.188. The van der Waals surface area contributed by atoms with Gasteiger partial charge in [-0.1, -0.05) is 12.1 Å². The molecule has 0 aliphatic heterocycles. The highest BCUT2D eigenvalue weighted by molar-refractivity contribution is 5.78. The molecule has 0 atom stereocenters. The third-order valence-corrected chi connectivity index (χ3v) is 3.50. The van der Waals surface area contributed by atoms with Crippen molar-refractivity contribution >= 4 is 10.9 Å². The average Bonchev–Trinajstić information content (AvgIpc) is 2.90. The van der Waals surface area contributed by atoms with Crippen LogP contribution in [-0.2, 0) is 0 Å². The van der Waals surface area contributed by atoms with E-state index in [1.54, 1.807) is 18.2 Å². The van der Waals surface area contributed by atoms with Gasteiger partial charge in [-0.05, 0) is 12.1 Å². The zero-order valence-corrected chi connectivity index (χ0v) is 12.5. The summed E-state index contributed by atoms with van der Waals surface area (Å²) in [6.07, 6.45) is 0. The van der Waals surface area contributed by atoms with E-state index in [1.807, 2.05) is 18.2 Å². The maximum atomic E-state index is 12.5.